The molecule has 0 saturated carbocycles. The second kappa shape index (κ2) is 7.23. The van der Waals surface area contributed by atoms with E-state index >= 15 is 0 Å². The van der Waals surface area contributed by atoms with Crippen LogP contribution in [-0.4, -0.2) is 18.0 Å². The van der Waals surface area contributed by atoms with E-state index < -0.39 is 0 Å². The number of fused-ring (bicyclic) bond motifs is 1. The van der Waals surface area contributed by atoms with E-state index in [1.807, 2.05) is 43.3 Å². The fourth-order valence-electron chi connectivity index (χ4n) is 3.09. The van der Waals surface area contributed by atoms with Crippen molar-refractivity contribution in [1.29, 1.82) is 0 Å². The number of methoxy groups -OCH3 is 1. The Kier molecular flexibility index (Phi) is 5.04. The zero-order chi connectivity index (χ0) is 18.0. The summed E-state index contributed by atoms with van der Waals surface area (Å²) >= 11 is 3.41. The minimum Gasteiger partial charge on any atom is -0.497 e. The Hall–Kier alpha value is -2.40. The van der Waals surface area contributed by atoms with Gasteiger partial charge in [-0.15, -0.1) is 0 Å². The van der Waals surface area contributed by atoms with E-state index in [0.717, 1.165) is 27.0 Å². The van der Waals surface area contributed by atoms with Gasteiger partial charge >= 0.3 is 0 Å². The minimum absolute atomic E-state index is 0.214. The minimum atomic E-state index is -0.214. The van der Waals surface area contributed by atoms with Crippen LogP contribution in [0.3, 0.4) is 0 Å². The van der Waals surface area contributed by atoms with E-state index in [0.29, 0.717) is 24.6 Å². The summed E-state index contributed by atoms with van der Waals surface area (Å²) in [6.07, 6.45) is 1.28. The number of rotatable bonds is 5. The molecule has 0 aliphatic carbocycles. The Labute approximate surface area is 154 Å². The van der Waals surface area contributed by atoms with Crippen LogP contribution in [-0.2, 0) is 13.0 Å². The number of aldehydes is 1. The van der Waals surface area contributed by atoms with Gasteiger partial charge < -0.3 is 9.30 Å². The van der Waals surface area contributed by atoms with E-state index in [4.69, 9.17) is 4.74 Å². The Morgan fingerprint density at radius 1 is 1.16 bits per heavy atom. The van der Waals surface area contributed by atoms with Gasteiger partial charge in [0.25, 0.3) is 0 Å². The quantitative estimate of drug-likeness (QED) is 0.604. The lowest BCUT2D eigenvalue weighted by Gasteiger charge is -2.18. The van der Waals surface area contributed by atoms with Crippen molar-refractivity contribution in [3.05, 3.63) is 74.0 Å². The van der Waals surface area contributed by atoms with Crippen LogP contribution >= 0.6 is 15.9 Å². The molecule has 0 saturated heterocycles. The van der Waals surface area contributed by atoms with Crippen LogP contribution in [0.2, 0.25) is 0 Å². The summed E-state index contributed by atoms with van der Waals surface area (Å²) in [4.78, 5) is 24.3. The van der Waals surface area contributed by atoms with Gasteiger partial charge in [0, 0.05) is 22.1 Å². The third-order valence-electron chi connectivity index (χ3n) is 4.33. The zero-order valence-corrected chi connectivity index (χ0v) is 15.7. The van der Waals surface area contributed by atoms with Gasteiger partial charge in [-0.2, -0.15) is 0 Å². The maximum absolute atomic E-state index is 12.7. The van der Waals surface area contributed by atoms with Crippen molar-refractivity contribution in [3.63, 3.8) is 0 Å². The van der Waals surface area contributed by atoms with Crippen LogP contribution < -0.4 is 10.2 Å². The monoisotopic (exact) mass is 399 g/mol. The van der Waals surface area contributed by atoms with Gasteiger partial charge in [-0.3, -0.25) is 9.59 Å². The summed E-state index contributed by atoms with van der Waals surface area (Å²) < 4.78 is 8.06. The number of hydrogen-bond acceptors (Lipinski definition) is 3. The first kappa shape index (κ1) is 17.4. The largest absolute Gasteiger partial charge is 0.497 e. The Balaban J connectivity index is 2.25. The molecule has 0 spiro atoms. The maximum Gasteiger partial charge on any atom is 0.200 e. The first-order valence-corrected chi connectivity index (χ1v) is 8.81. The molecule has 0 amide bonds. The zero-order valence-electron chi connectivity index (χ0n) is 14.1. The number of carbonyl (C=O) groups excluding carboxylic acids is 1. The molecular formula is C20H18BrNO3. The molecule has 0 aliphatic rings. The molecular weight excluding hydrogens is 382 g/mol. The Bertz CT molecular complexity index is 990. The molecule has 0 aliphatic heterocycles. The van der Waals surface area contributed by atoms with Crippen LogP contribution in [0.15, 0.2) is 51.7 Å². The SMILES string of the molecule is CCc1c(C=O)c(=O)c2cc(Br)ccc2n1Cc1ccc(OC)cc1. The molecule has 5 heteroatoms. The molecule has 25 heavy (non-hydrogen) atoms. The lowest BCUT2D eigenvalue weighted by molar-refractivity contribution is 0.112. The standard InChI is InChI=1S/C20H18BrNO3/c1-3-18-17(12-23)20(24)16-10-14(21)6-9-19(16)22(18)11-13-4-7-15(25-2)8-5-13/h4-10,12H,3,11H2,1-2H3. The number of nitrogens with zero attached hydrogens (tertiary/aromatic N) is 1. The highest BCUT2D eigenvalue weighted by Gasteiger charge is 2.16. The predicted octanol–water partition coefficient (Wildman–Crippen LogP) is 4.20. The highest BCUT2D eigenvalue weighted by atomic mass is 79.9. The topological polar surface area (TPSA) is 48.3 Å². The van der Waals surface area contributed by atoms with E-state index in [9.17, 15) is 9.59 Å². The molecule has 2 aromatic carbocycles. The average molecular weight is 400 g/mol. The first-order chi connectivity index (χ1) is 12.1. The number of carbonyl (C=O) groups is 1. The Morgan fingerprint density at radius 3 is 2.48 bits per heavy atom. The highest BCUT2D eigenvalue weighted by molar-refractivity contribution is 9.10. The third-order valence-corrected chi connectivity index (χ3v) is 4.82. The molecule has 0 bridgehead atoms. The van der Waals surface area contributed by atoms with Gasteiger partial charge in [0.2, 0.25) is 0 Å². The molecule has 1 aromatic heterocycles. The predicted molar refractivity (Wildman–Crippen MR) is 103 cm³/mol. The average Bonchev–Trinajstić information content (AvgIpc) is 2.64. The number of halogens is 1. The molecule has 3 aromatic rings. The molecule has 0 atom stereocenters. The van der Waals surface area contributed by atoms with Gasteiger partial charge in [-0.25, -0.2) is 0 Å². The number of ether oxygens (including phenoxy) is 1. The van der Waals surface area contributed by atoms with Crippen LogP contribution in [0.1, 0.15) is 28.5 Å². The lowest BCUT2D eigenvalue weighted by Crippen LogP contribution is -2.20. The van der Waals surface area contributed by atoms with Crippen molar-refractivity contribution in [1.82, 2.24) is 4.57 Å². The van der Waals surface area contributed by atoms with Crippen LogP contribution in [0, 0.1) is 0 Å². The van der Waals surface area contributed by atoms with E-state index in [1.165, 1.54) is 0 Å². The summed E-state index contributed by atoms with van der Waals surface area (Å²) in [7, 11) is 1.63. The fourth-order valence-corrected chi connectivity index (χ4v) is 3.45. The molecule has 4 nitrogen and oxygen atoms in total. The second-order valence-electron chi connectivity index (χ2n) is 5.76. The first-order valence-electron chi connectivity index (χ1n) is 8.02. The molecule has 0 radical (unpaired) electrons. The van der Waals surface area contributed by atoms with E-state index in [1.54, 1.807) is 13.2 Å². The molecule has 1 heterocycles. The van der Waals surface area contributed by atoms with Gasteiger partial charge in [0.05, 0.1) is 18.2 Å². The fraction of sp³-hybridized carbons (Fsp3) is 0.200. The van der Waals surface area contributed by atoms with Crippen LogP contribution in [0.5, 0.6) is 5.75 Å². The Morgan fingerprint density at radius 2 is 1.88 bits per heavy atom. The van der Waals surface area contributed by atoms with E-state index in [-0.39, 0.29) is 11.0 Å². The van der Waals surface area contributed by atoms with Crippen molar-refractivity contribution >= 4 is 33.1 Å². The van der Waals surface area contributed by atoms with Gasteiger partial charge in [-0.1, -0.05) is 35.0 Å². The van der Waals surface area contributed by atoms with Gasteiger partial charge in [0.15, 0.2) is 11.7 Å². The molecule has 0 N–H and O–H groups in total. The summed E-state index contributed by atoms with van der Waals surface area (Å²) in [5, 5.41) is 0.544. The van der Waals surface area contributed by atoms with E-state index in [2.05, 4.69) is 20.5 Å². The highest BCUT2D eigenvalue weighted by Crippen LogP contribution is 2.22. The summed E-state index contributed by atoms with van der Waals surface area (Å²) in [5.74, 6) is 0.793. The molecule has 3 rings (SSSR count). The molecule has 0 fully saturated rings. The van der Waals surface area contributed by atoms with Crippen molar-refractivity contribution in [3.8, 4) is 5.75 Å². The number of hydrogen-bond donors (Lipinski definition) is 0. The van der Waals surface area contributed by atoms with Crippen molar-refractivity contribution in [2.45, 2.75) is 19.9 Å². The third kappa shape index (κ3) is 3.24. The summed E-state index contributed by atoms with van der Waals surface area (Å²) in [5.41, 5.74) is 2.67. The van der Waals surface area contributed by atoms with Crippen LogP contribution in [0.4, 0.5) is 0 Å². The lowest BCUT2D eigenvalue weighted by atomic mass is 10.1. The summed E-state index contributed by atoms with van der Waals surface area (Å²) in [6.45, 7) is 2.53. The number of pyridine rings is 1. The second-order valence-corrected chi connectivity index (χ2v) is 6.67. The van der Waals surface area contributed by atoms with Gasteiger partial charge in [0.1, 0.15) is 5.75 Å². The van der Waals surface area contributed by atoms with Gasteiger partial charge in [-0.05, 0) is 42.3 Å². The van der Waals surface area contributed by atoms with Crippen molar-refractivity contribution in [2.75, 3.05) is 7.11 Å². The summed E-state index contributed by atoms with van der Waals surface area (Å²) in [6, 6.07) is 13.4. The van der Waals surface area contributed by atoms with Crippen molar-refractivity contribution in [2.24, 2.45) is 0 Å². The number of benzene rings is 2. The normalized spacial score (nSPS) is 10.8. The van der Waals surface area contributed by atoms with Crippen molar-refractivity contribution < 1.29 is 9.53 Å². The smallest absolute Gasteiger partial charge is 0.200 e. The maximum atomic E-state index is 12.7. The van der Waals surface area contributed by atoms with Crippen LogP contribution in [0.25, 0.3) is 10.9 Å². The number of aromatic nitrogens is 1. The molecule has 0 unspecified atom stereocenters. The molecule has 128 valence electrons.